The molecule has 0 heterocycles. The van der Waals surface area contributed by atoms with Gasteiger partial charge in [-0.25, -0.2) is 8.42 Å². The number of sulfone groups is 1. The molecule has 2 aromatic carbocycles. The number of hydrogen-bond acceptors (Lipinski definition) is 5. The van der Waals surface area contributed by atoms with Gasteiger partial charge in [-0.2, -0.15) is 0 Å². The molecule has 0 atom stereocenters. The molecule has 0 aliphatic rings. The SMILES string of the molecule is Cc1ccc(S(=O)(=O)CCC(=O)OCC(=O)Nc2ccc(Cl)cc2Cl)cc1C. The maximum Gasteiger partial charge on any atom is 0.307 e. The summed E-state index contributed by atoms with van der Waals surface area (Å²) in [6, 6.07) is 9.31. The molecule has 0 unspecified atom stereocenters. The predicted molar refractivity (Wildman–Crippen MR) is 109 cm³/mol. The van der Waals surface area contributed by atoms with Crippen LogP contribution in [0.4, 0.5) is 5.69 Å². The van der Waals surface area contributed by atoms with Gasteiger partial charge in [-0.3, -0.25) is 9.59 Å². The number of nitrogens with one attached hydrogen (secondary N) is 1. The molecule has 2 rings (SSSR count). The zero-order chi connectivity index (χ0) is 20.9. The Balaban J connectivity index is 1.84. The van der Waals surface area contributed by atoms with E-state index < -0.39 is 34.1 Å². The normalized spacial score (nSPS) is 11.1. The van der Waals surface area contributed by atoms with Gasteiger partial charge in [0.2, 0.25) is 0 Å². The van der Waals surface area contributed by atoms with E-state index in [1.54, 1.807) is 18.2 Å². The van der Waals surface area contributed by atoms with Gasteiger partial charge in [0.05, 0.1) is 27.8 Å². The maximum atomic E-state index is 12.3. The highest BCUT2D eigenvalue weighted by Gasteiger charge is 2.18. The topological polar surface area (TPSA) is 89.5 Å². The lowest BCUT2D eigenvalue weighted by Crippen LogP contribution is -2.22. The third-order valence-electron chi connectivity index (χ3n) is 3.98. The lowest BCUT2D eigenvalue weighted by Gasteiger charge is -2.09. The van der Waals surface area contributed by atoms with Crippen molar-refractivity contribution in [2.45, 2.75) is 25.2 Å². The second kappa shape index (κ2) is 9.41. The molecule has 0 aromatic heterocycles. The van der Waals surface area contributed by atoms with Gasteiger partial charge in [0.25, 0.3) is 5.91 Å². The summed E-state index contributed by atoms with van der Waals surface area (Å²) in [4.78, 5) is 23.8. The Bertz CT molecular complexity index is 1010. The monoisotopic (exact) mass is 443 g/mol. The van der Waals surface area contributed by atoms with Crippen molar-refractivity contribution in [3.63, 3.8) is 0 Å². The molecule has 1 N–H and O–H groups in total. The molecule has 0 radical (unpaired) electrons. The van der Waals surface area contributed by atoms with Gasteiger partial charge in [-0.1, -0.05) is 29.3 Å². The van der Waals surface area contributed by atoms with Crippen LogP contribution in [0.25, 0.3) is 0 Å². The van der Waals surface area contributed by atoms with E-state index in [9.17, 15) is 18.0 Å². The van der Waals surface area contributed by atoms with Crippen LogP contribution in [0.1, 0.15) is 17.5 Å². The van der Waals surface area contributed by atoms with E-state index >= 15 is 0 Å². The summed E-state index contributed by atoms with van der Waals surface area (Å²) in [5.41, 5.74) is 2.15. The quantitative estimate of drug-likeness (QED) is 0.654. The van der Waals surface area contributed by atoms with E-state index in [-0.39, 0.29) is 16.3 Å². The molecule has 1 amide bonds. The van der Waals surface area contributed by atoms with Crippen LogP contribution >= 0.6 is 23.2 Å². The Hall–Kier alpha value is -2.09. The number of benzene rings is 2. The Kier molecular flexibility index (Phi) is 7.46. The lowest BCUT2D eigenvalue weighted by atomic mass is 10.1. The summed E-state index contributed by atoms with van der Waals surface area (Å²) in [6.07, 6.45) is -0.357. The highest BCUT2D eigenvalue weighted by Crippen LogP contribution is 2.25. The first-order chi connectivity index (χ1) is 13.1. The van der Waals surface area contributed by atoms with Crippen molar-refractivity contribution < 1.29 is 22.7 Å². The fourth-order valence-electron chi connectivity index (χ4n) is 2.24. The second-order valence-corrected chi connectivity index (χ2v) is 9.10. The van der Waals surface area contributed by atoms with Crippen molar-refractivity contribution in [2.24, 2.45) is 0 Å². The minimum Gasteiger partial charge on any atom is -0.456 e. The summed E-state index contributed by atoms with van der Waals surface area (Å²) < 4.78 is 29.5. The Labute approximate surface area is 173 Å². The molecule has 2 aromatic rings. The average Bonchev–Trinajstić information content (AvgIpc) is 2.63. The van der Waals surface area contributed by atoms with Gasteiger partial charge in [0.1, 0.15) is 0 Å². The third-order valence-corrected chi connectivity index (χ3v) is 6.24. The number of hydrogen-bond donors (Lipinski definition) is 1. The summed E-state index contributed by atoms with van der Waals surface area (Å²) >= 11 is 11.7. The van der Waals surface area contributed by atoms with E-state index in [0.717, 1.165) is 11.1 Å². The first-order valence-corrected chi connectivity index (χ1v) is 10.7. The van der Waals surface area contributed by atoms with Gasteiger partial charge in [0.15, 0.2) is 16.4 Å². The van der Waals surface area contributed by atoms with Gasteiger partial charge < -0.3 is 10.1 Å². The summed E-state index contributed by atoms with van der Waals surface area (Å²) in [5, 5.41) is 3.14. The number of esters is 1. The Morgan fingerprint density at radius 3 is 2.39 bits per heavy atom. The minimum absolute atomic E-state index is 0.151. The first kappa shape index (κ1) is 22.2. The van der Waals surface area contributed by atoms with Crippen molar-refractivity contribution in [1.29, 1.82) is 0 Å². The fourth-order valence-corrected chi connectivity index (χ4v) is 4.00. The van der Waals surface area contributed by atoms with Gasteiger partial charge in [-0.05, 0) is 55.3 Å². The van der Waals surface area contributed by atoms with E-state index in [0.29, 0.717) is 10.7 Å². The Morgan fingerprint density at radius 1 is 1.04 bits per heavy atom. The largest absolute Gasteiger partial charge is 0.456 e. The minimum atomic E-state index is -3.62. The molecule has 9 heteroatoms. The van der Waals surface area contributed by atoms with E-state index in [1.165, 1.54) is 18.2 Å². The molecular formula is C19H19Cl2NO5S. The molecule has 6 nitrogen and oxygen atoms in total. The Morgan fingerprint density at radius 2 is 1.75 bits per heavy atom. The number of carbonyl (C=O) groups is 2. The van der Waals surface area contributed by atoms with Crippen LogP contribution in [0.5, 0.6) is 0 Å². The molecule has 0 fully saturated rings. The van der Waals surface area contributed by atoms with E-state index in [2.05, 4.69) is 5.32 Å². The van der Waals surface area contributed by atoms with Gasteiger partial charge >= 0.3 is 5.97 Å². The second-order valence-electron chi connectivity index (χ2n) is 6.15. The van der Waals surface area contributed by atoms with Crippen LogP contribution in [0.3, 0.4) is 0 Å². The van der Waals surface area contributed by atoms with Crippen LogP contribution in [0.15, 0.2) is 41.3 Å². The van der Waals surface area contributed by atoms with Gasteiger partial charge in [0, 0.05) is 5.02 Å². The van der Waals surface area contributed by atoms with Crippen molar-refractivity contribution in [2.75, 3.05) is 17.7 Å². The molecule has 0 spiro atoms. The summed E-state index contributed by atoms with van der Waals surface area (Å²) in [6.45, 7) is 3.14. The number of anilines is 1. The smallest absolute Gasteiger partial charge is 0.307 e. The molecule has 0 saturated carbocycles. The number of carbonyl (C=O) groups excluding carboxylic acids is 2. The predicted octanol–water partition coefficient (Wildman–Crippen LogP) is 3.96. The van der Waals surface area contributed by atoms with Crippen LogP contribution in [0.2, 0.25) is 10.0 Å². The maximum absolute atomic E-state index is 12.3. The number of halogens is 2. The average molecular weight is 444 g/mol. The molecule has 150 valence electrons. The van der Waals surface area contributed by atoms with Crippen molar-refractivity contribution in [1.82, 2.24) is 0 Å². The standard InChI is InChI=1S/C19H19Cl2NO5S/c1-12-3-5-15(9-13(12)2)28(25,26)8-7-19(24)27-11-18(23)22-17-6-4-14(20)10-16(17)21/h3-6,9-10H,7-8,11H2,1-2H3,(H,22,23). The fraction of sp³-hybridized carbons (Fsp3) is 0.263. The summed E-state index contributed by atoms with van der Waals surface area (Å²) in [5.74, 6) is -1.79. The van der Waals surface area contributed by atoms with E-state index in [4.69, 9.17) is 27.9 Å². The molecule has 28 heavy (non-hydrogen) atoms. The van der Waals surface area contributed by atoms with Crippen molar-refractivity contribution >= 4 is 50.6 Å². The van der Waals surface area contributed by atoms with Crippen LogP contribution < -0.4 is 5.32 Å². The van der Waals surface area contributed by atoms with Crippen molar-refractivity contribution in [3.05, 3.63) is 57.6 Å². The molecular weight excluding hydrogens is 425 g/mol. The zero-order valence-corrected chi connectivity index (χ0v) is 17.6. The molecule has 0 aliphatic heterocycles. The van der Waals surface area contributed by atoms with Crippen molar-refractivity contribution in [3.8, 4) is 0 Å². The number of amides is 1. The highest BCUT2D eigenvalue weighted by molar-refractivity contribution is 7.91. The lowest BCUT2D eigenvalue weighted by molar-refractivity contribution is -0.146. The van der Waals surface area contributed by atoms with Crippen LogP contribution in [0, 0.1) is 13.8 Å². The molecule has 0 bridgehead atoms. The van der Waals surface area contributed by atoms with Gasteiger partial charge in [-0.15, -0.1) is 0 Å². The first-order valence-electron chi connectivity index (χ1n) is 8.29. The third kappa shape index (κ3) is 6.22. The number of aryl methyl sites for hydroxylation is 2. The number of ether oxygens (including phenoxy) is 1. The highest BCUT2D eigenvalue weighted by atomic mass is 35.5. The van der Waals surface area contributed by atoms with Crippen LogP contribution in [-0.2, 0) is 24.2 Å². The molecule has 0 saturated heterocycles. The zero-order valence-electron chi connectivity index (χ0n) is 15.3. The summed E-state index contributed by atoms with van der Waals surface area (Å²) in [7, 11) is -3.62. The number of rotatable bonds is 7. The van der Waals surface area contributed by atoms with Crippen LogP contribution in [-0.4, -0.2) is 32.7 Å². The van der Waals surface area contributed by atoms with E-state index in [1.807, 2.05) is 13.8 Å². The molecule has 0 aliphatic carbocycles.